The van der Waals surface area contributed by atoms with Crippen LogP contribution in [-0.2, 0) is 9.59 Å². The Labute approximate surface area is 138 Å². The second-order valence-electron chi connectivity index (χ2n) is 6.36. The Balaban J connectivity index is 2.13. The van der Waals surface area contributed by atoms with Gasteiger partial charge in [-0.2, -0.15) is 0 Å². The molecule has 2 amide bonds. The summed E-state index contributed by atoms with van der Waals surface area (Å²) in [6.07, 6.45) is 2.44. The number of carbonyl (C=O) groups excluding carboxylic acids is 2. The molecule has 1 saturated carbocycles. The maximum atomic E-state index is 12.7. The summed E-state index contributed by atoms with van der Waals surface area (Å²) in [6, 6.07) is 7.71. The summed E-state index contributed by atoms with van der Waals surface area (Å²) in [5.74, 6) is 0.710. The average molecular weight is 318 g/mol. The molecule has 0 saturated heterocycles. The maximum absolute atomic E-state index is 12.7. The zero-order valence-electron chi connectivity index (χ0n) is 14.3. The smallest absolute Gasteiger partial charge is 0.225 e. The zero-order valence-corrected chi connectivity index (χ0v) is 14.3. The van der Waals surface area contributed by atoms with Gasteiger partial charge in [0.25, 0.3) is 0 Å². The zero-order chi connectivity index (χ0) is 17.0. The highest BCUT2D eigenvalue weighted by atomic mass is 16.5. The highest BCUT2D eigenvalue weighted by Crippen LogP contribution is 2.31. The number of rotatable bonds is 7. The van der Waals surface area contributed by atoms with Gasteiger partial charge >= 0.3 is 0 Å². The molecular formula is C18H26N2O3. The number of carbonyl (C=O) groups is 2. The van der Waals surface area contributed by atoms with Crippen molar-refractivity contribution in [2.45, 2.75) is 58.2 Å². The van der Waals surface area contributed by atoms with E-state index in [0.29, 0.717) is 6.04 Å². The minimum Gasteiger partial charge on any atom is -0.497 e. The molecular weight excluding hydrogens is 292 g/mol. The first kappa shape index (κ1) is 17.3. The molecule has 1 aliphatic rings. The molecule has 0 bridgehead atoms. The number of nitrogens with one attached hydrogen (secondary N) is 1. The van der Waals surface area contributed by atoms with Crippen molar-refractivity contribution >= 4 is 11.8 Å². The molecule has 23 heavy (non-hydrogen) atoms. The Bertz CT molecular complexity index is 548. The standard InChI is InChI=1S/C18H26N2O3/c1-12(2)20(15-7-8-15)18(22)11-17(19-13(3)21)14-5-9-16(23-4)10-6-14/h5-6,9-10,12,15,17H,7-8,11H2,1-4H3,(H,19,21). The van der Waals surface area contributed by atoms with E-state index in [2.05, 4.69) is 5.32 Å². The number of ether oxygens (including phenoxy) is 1. The highest BCUT2D eigenvalue weighted by Gasteiger charge is 2.35. The molecule has 1 aromatic rings. The van der Waals surface area contributed by atoms with Gasteiger partial charge in [-0.1, -0.05) is 12.1 Å². The number of methoxy groups -OCH3 is 1. The molecule has 0 aromatic heterocycles. The molecule has 0 aliphatic heterocycles. The number of hydrogen-bond donors (Lipinski definition) is 1. The minimum atomic E-state index is -0.314. The van der Waals surface area contributed by atoms with E-state index < -0.39 is 0 Å². The fourth-order valence-corrected chi connectivity index (χ4v) is 2.88. The Morgan fingerprint density at radius 2 is 1.87 bits per heavy atom. The summed E-state index contributed by atoms with van der Waals surface area (Å²) < 4.78 is 5.16. The molecule has 0 heterocycles. The van der Waals surface area contributed by atoms with Crippen LogP contribution in [0.3, 0.4) is 0 Å². The number of benzene rings is 1. The van der Waals surface area contributed by atoms with Crippen LogP contribution >= 0.6 is 0 Å². The third-order valence-corrected chi connectivity index (χ3v) is 4.06. The van der Waals surface area contributed by atoms with Crippen LogP contribution in [0, 0.1) is 0 Å². The summed E-state index contributed by atoms with van der Waals surface area (Å²) in [5, 5.41) is 2.89. The van der Waals surface area contributed by atoms with Gasteiger partial charge in [-0.05, 0) is 44.4 Å². The molecule has 1 aliphatic carbocycles. The van der Waals surface area contributed by atoms with Gasteiger partial charge in [-0.15, -0.1) is 0 Å². The summed E-state index contributed by atoms with van der Waals surface area (Å²) in [4.78, 5) is 26.2. The molecule has 5 nitrogen and oxygen atoms in total. The van der Waals surface area contributed by atoms with Gasteiger partial charge in [-0.3, -0.25) is 9.59 Å². The first-order chi connectivity index (χ1) is 10.9. The fraction of sp³-hybridized carbons (Fsp3) is 0.556. The van der Waals surface area contributed by atoms with Crippen LogP contribution in [0.2, 0.25) is 0 Å². The molecule has 2 rings (SSSR count). The van der Waals surface area contributed by atoms with Gasteiger partial charge in [0.05, 0.1) is 19.6 Å². The second kappa shape index (κ2) is 7.49. The van der Waals surface area contributed by atoms with Crippen LogP contribution < -0.4 is 10.1 Å². The largest absolute Gasteiger partial charge is 0.497 e. The Morgan fingerprint density at radius 3 is 2.30 bits per heavy atom. The highest BCUT2D eigenvalue weighted by molar-refractivity contribution is 5.80. The van der Waals surface area contributed by atoms with Crippen molar-refractivity contribution < 1.29 is 14.3 Å². The van der Waals surface area contributed by atoms with Gasteiger partial charge in [0.1, 0.15) is 5.75 Å². The third-order valence-electron chi connectivity index (χ3n) is 4.06. The fourth-order valence-electron chi connectivity index (χ4n) is 2.88. The molecule has 5 heteroatoms. The van der Waals surface area contributed by atoms with Crippen molar-refractivity contribution in [2.75, 3.05) is 7.11 Å². The van der Waals surface area contributed by atoms with Crippen LogP contribution in [0.25, 0.3) is 0 Å². The number of nitrogens with zero attached hydrogens (tertiary/aromatic N) is 1. The molecule has 1 atom stereocenters. The predicted octanol–water partition coefficient (Wildman–Crippen LogP) is 2.66. The van der Waals surface area contributed by atoms with Gasteiger partial charge < -0.3 is 15.0 Å². The molecule has 0 radical (unpaired) electrons. The van der Waals surface area contributed by atoms with E-state index in [-0.39, 0.29) is 30.3 Å². The lowest BCUT2D eigenvalue weighted by Crippen LogP contribution is -2.41. The molecule has 1 N–H and O–H groups in total. The molecule has 126 valence electrons. The van der Waals surface area contributed by atoms with Gasteiger partial charge in [0.2, 0.25) is 11.8 Å². The Kier molecular flexibility index (Phi) is 5.64. The summed E-state index contributed by atoms with van der Waals surface area (Å²) in [7, 11) is 1.61. The Morgan fingerprint density at radius 1 is 1.26 bits per heavy atom. The number of hydrogen-bond acceptors (Lipinski definition) is 3. The van der Waals surface area contributed by atoms with Crippen molar-refractivity contribution in [1.29, 1.82) is 0 Å². The van der Waals surface area contributed by atoms with Gasteiger partial charge in [-0.25, -0.2) is 0 Å². The van der Waals surface area contributed by atoms with Crippen molar-refractivity contribution in [3.05, 3.63) is 29.8 Å². The first-order valence-corrected chi connectivity index (χ1v) is 8.14. The van der Waals surface area contributed by atoms with Crippen molar-refractivity contribution in [1.82, 2.24) is 10.2 Å². The monoisotopic (exact) mass is 318 g/mol. The van der Waals surface area contributed by atoms with Crippen molar-refractivity contribution in [3.8, 4) is 5.75 Å². The van der Waals surface area contributed by atoms with E-state index >= 15 is 0 Å². The van der Waals surface area contributed by atoms with Crippen molar-refractivity contribution in [3.63, 3.8) is 0 Å². The molecule has 1 aromatic carbocycles. The maximum Gasteiger partial charge on any atom is 0.225 e. The predicted molar refractivity (Wildman–Crippen MR) is 89.2 cm³/mol. The summed E-state index contributed by atoms with van der Waals surface area (Å²) >= 11 is 0. The van der Waals surface area contributed by atoms with E-state index in [9.17, 15) is 9.59 Å². The first-order valence-electron chi connectivity index (χ1n) is 8.14. The van der Waals surface area contributed by atoms with E-state index in [1.165, 1.54) is 6.92 Å². The van der Waals surface area contributed by atoms with E-state index in [4.69, 9.17) is 4.74 Å². The lowest BCUT2D eigenvalue weighted by molar-refractivity contribution is -0.134. The summed E-state index contributed by atoms with van der Waals surface area (Å²) in [6.45, 7) is 5.55. The number of amides is 2. The van der Waals surface area contributed by atoms with Gasteiger partial charge in [0, 0.05) is 19.0 Å². The van der Waals surface area contributed by atoms with Gasteiger partial charge in [0.15, 0.2) is 0 Å². The molecule has 1 fully saturated rings. The van der Waals surface area contributed by atoms with E-state index in [0.717, 1.165) is 24.2 Å². The topological polar surface area (TPSA) is 58.6 Å². The Hall–Kier alpha value is -2.04. The quantitative estimate of drug-likeness (QED) is 0.841. The molecule has 0 spiro atoms. The van der Waals surface area contributed by atoms with Crippen molar-refractivity contribution in [2.24, 2.45) is 0 Å². The van der Waals surface area contributed by atoms with Crippen LogP contribution in [0.5, 0.6) is 5.75 Å². The lowest BCUT2D eigenvalue weighted by Gasteiger charge is -2.29. The lowest BCUT2D eigenvalue weighted by atomic mass is 10.0. The second-order valence-corrected chi connectivity index (χ2v) is 6.36. The van der Waals surface area contributed by atoms with E-state index in [1.807, 2.05) is 43.0 Å². The molecule has 1 unspecified atom stereocenters. The van der Waals surface area contributed by atoms with Crippen LogP contribution in [-0.4, -0.2) is 35.9 Å². The third kappa shape index (κ3) is 4.71. The van der Waals surface area contributed by atoms with Crippen LogP contribution in [0.1, 0.15) is 51.6 Å². The van der Waals surface area contributed by atoms with E-state index in [1.54, 1.807) is 7.11 Å². The summed E-state index contributed by atoms with van der Waals surface area (Å²) in [5.41, 5.74) is 0.911. The normalized spacial score (nSPS) is 15.2. The average Bonchev–Trinajstić information content (AvgIpc) is 3.30. The van der Waals surface area contributed by atoms with Crippen LogP contribution in [0.4, 0.5) is 0 Å². The van der Waals surface area contributed by atoms with Crippen LogP contribution in [0.15, 0.2) is 24.3 Å². The SMILES string of the molecule is COc1ccc(C(CC(=O)N(C(C)C)C2CC2)NC(C)=O)cc1. The minimum absolute atomic E-state index is 0.0945.